The van der Waals surface area contributed by atoms with E-state index in [0.717, 1.165) is 18.9 Å². The lowest BCUT2D eigenvalue weighted by molar-refractivity contribution is -0.384. The number of nitrogens with zero attached hydrogens (tertiary/aromatic N) is 3. The lowest BCUT2D eigenvalue weighted by atomic mass is 10.1. The fourth-order valence-electron chi connectivity index (χ4n) is 2.87. The van der Waals surface area contributed by atoms with Gasteiger partial charge in [-0.25, -0.2) is 9.78 Å². The predicted molar refractivity (Wildman–Crippen MR) is 103 cm³/mol. The van der Waals surface area contributed by atoms with E-state index in [-0.39, 0.29) is 11.8 Å². The van der Waals surface area contributed by atoms with Gasteiger partial charge in [-0.3, -0.25) is 10.1 Å². The molecule has 0 bridgehead atoms. The molecule has 0 N–H and O–H groups in total. The van der Waals surface area contributed by atoms with Crippen LogP contribution in [0.5, 0.6) is 0 Å². The highest BCUT2D eigenvalue weighted by atomic mass is 35.5. The third-order valence-corrected chi connectivity index (χ3v) is 4.48. The molecular formula is C19H18ClN3O4. The van der Waals surface area contributed by atoms with Gasteiger partial charge >= 0.3 is 5.97 Å². The lowest BCUT2D eigenvalue weighted by Crippen LogP contribution is -2.38. The topological polar surface area (TPSA) is 85.6 Å². The smallest absolute Gasteiger partial charge is 0.331 e. The molecule has 0 amide bonds. The van der Waals surface area contributed by atoms with Gasteiger partial charge in [0.25, 0.3) is 5.69 Å². The minimum Gasteiger partial charge on any atom is -0.459 e. The molecule has 0 spiro atoms. The summed E-state index contributed by atoms with van der Waals surface area (Å²) in [5.41, 5.74) is 0.554. The summed E-state index contributed by atoms with van der Waals surface area (Å²) in [5, 5.41) is 11.4. The van der Waals surface area contributed by atoms with Crippen LogP contribution in [0.1, 0.15) is 18.4 Å². The van der Waals surface area contributed by atoms with Crippen LogP contribution < -0.4 is 4.90 Å². The van der Waals surface area contributed by atoms with Crippen LogP contribution in [0.3, 0.4) is 0 Å². The number of hydrogen-bond acceptors (Lipinski definition) is 6. The molecule has 0 radical (unpaired) electrons. The Bertz CT molecular complexity index is 846. The van der Waals surface area contributed by atoms with E-state index < -0.39 is 10.9 Å². The van der Waals surface area contributed by atoms with Crippen LogP contribution in [0.25, 0.3) is 6.08 Å². The van der Waals surface area contributed by atoms with Crippen molar-refractivity contribution in [1.29, 1.82) is 0 Å². The number of anilines is 1. The number of benzene rings is 1. The minimum atomic E-state index is -0.473. The second-order valence-corrected chi connectivity index (χ2v) is 6.58. The summed E-state index contributed by atoms with van der Waals surface area (Å²) in [6, 6.07) is 9.74. The highest BCUT2D eigenvalue weighted by molar-refractivity contribution is 6.30. The van der Waals surface area contributed by atoms with Crippen LogP contribution in [0, 0.1) is 10.1 Å². The minimum absolute atomic E-state index is 0.0197. The highest BCUT2D eigenvalue weighted by Gasteiger charge is 2.22. The summed E-state index contributed by atoms with van der Waals surface area (Å²) in [6.45, 7) is 1.47. The standard InChI is InChI=1S/C19H18ClN3O4/c20-15-5-6-18(21-13-15)22-10-8-17(9-11-22)27-19(24)7-4-14-2-1-3-16(12-14)23(25)26/h1-7,12-13,17H,8-11H2/b7-4+. The van der Waals surface area contributed by atoms with Gasteiger partial charge < -0.3 is 9.64 Å². The number of hydrogen-bond donors (Lipinski definition) is 0. The summed E-state index contributed by atoms with van der Waals surface area (Å²) in [4.78, 5) is 28.7. The van der Waals surface area contributed by atoms with Crippen LogP contribution in [0.15, 0.2) is 48.7 Å². The van der Waals surface area contributed by atoms with E-state index in [1.54, 1.807) is 24.4 Å². The quantitative estimate of drug-likeness (QED) is 0.335. The molecule has 1 saturated heterocycles. The molecule has 1 aliphatic heterocycles. The summed E-state index contributed by atoms with van der Waals surface area (Å²) in [6.07, 6.45) is 5.69. The van der Waals surface area contributed by atoms with Crippen molar-refractivity contribution in [3.63, 3.8) is 0 Å². The van der Waals surface area contributed by atoms with Gasteiger partial charge in [-0.15, -0.1) is 0 Å². The number of carbonyl (C=O) groups excluding carboxylic acids is 1. The SMILES string of the molecule is O=C(/C=C/c1cccc([N+](=O)[O-])c1)OC1CCN(c2ccc(Cl)cn2)CC1. The maximum absolute atomic E-state index is 12.0. The number of piperidine rings is 1. The maximum Gasteiger partial charge on any atom is 0.331 e. The van der Waals surface area contributed by atoms with E-state index in [1.165, 1.54) is 24.3 Å². The fourth-order valence-corrected chi connectivity index (χ4v) is 2.98. The molecule has 1 fully saturated rings. The lowest BCUT2D eigenvalue weighted by Gasteiger charge is -2.32. The van der Waals surface area contributed by atoms with E-state index in [2.05, 4.69) is 9.88 Å². The van der Waals surface area contributed by atoms with Crippen molar-refractivity contribution in [2.75, 3.05) is 18.0 Å². The number of nitro benzene ring substituents is 1. The number of ether oxygens (including phenoxy) is 1. The second-order valence-electron chi connectivity index (χ2n) is 6.14. The first-order valence-corrected chi connectivity index (χ1v) is 8.89. The Morgan fingerprint density at radius 3 is 2.74 bits per heavy atom. The van der Waals surface area contributed by atoms with Gasteiger partial charge in [0.15, 0.2) is 0 Å². The molecule has 140 valence electrons. The van der Waals surface area contributed by atoms with Gasteiger partial charge in [0.05, 0.1) is 9.95 Å². The molecule has 2 heterocycles. The van der Waals surface area contributed by atoms with E-state index in [9.17, 15) is 14.9 Å². The zero-order chi connectivity index (χ0) is 19.2. The van der Waals surface area contributed by atoms with Gasteiger partial charge in [0.1, 0.15) is 11.9 Å². The number of rotatable bonds is 5. The molecule has 2 aromatic rings. The Morgan fingerprint density at radius 1 is 1.30 bits per heavy atom. The molecule has 0 saturated carbocycles. The molecule has 7 nitrogen and oxygen atoms in total. The molecule has 0 unspecified atom stereocenters. The summed E-state index contributed by atoms with van der Waals surface area (Å²) >= 11 is 5.85. The molecule has 27 heavy (non-hydrogen) atoms. The summed E-state index contributed by atoms with van der Waals surface area (Å²) in [5.74, 6) is 0.402. The molecule has 1 aliphatic rings. The van der Waals surface area contributed by atoms with Crippen molar-refractivity contribution in [3.8, 4) is 0 Å². The maximum atomic E-state index is 12.0. The van der Waals surface area contributed by atoms with Crippen LogP contribution >= 0.6 is 11.6 Å². The Labute approximate surface area is 161 Å². The first kappa shape index (κ1) is 18.8. The first-order valence-electron chi connectivity index (χ1n) is 8.51. The number of pyridine rings is 1. The van der Waals surface area contributed by atoms with Crippen LogP contribution in [-0.4, -0.2) is 35.1 Å². The Hall–Kier alpha value is -2.93. The van der Waals surface area contributed by atoms with Crippen molar-refractivity contribution >= 4 is 35.2 Å². The summed E-state index contributed by atoms with van der Waals surface area (Å²) < 4.78 is 5.47. The fraction of sp³-hybridized carbons (Fsp3) is 0.263. The predicted octanol–water partition coefficient (Wildman–Crippen LogP) is 3.87. The Balaban J connectivity index is 1.50. The average molecular weight is 388 g/mol. The van der Waals surface area contributed by atoms with Gasteiger partial charge in [0.2, 0.25) is 0 Å². The zero-order valence-corrected chi connectivity index (χ0v) is 15.2. The van der Waals surface area contributed by atoms with Crippen molar-refractivity contribution in [2.45, 2.75) is 18.9 Å². The average Bonchev–Trinajstić information content (AvgIpc) is 2.68. The van der Waals surface area contributed by atoms with Crippen LogP contribution in [-0.2, 0) is 9.53 Å². The van der Waals surface area contributed by atoms with Crippen molar-refractivity contribution in [1.82, 2.24) is 4.98 Å². The van der Waals surface area contributed by atoms with E-state index in [1.807, 2.05) is 6.07 Å². The van der Waals surface area contributed by atoms with Crippen molar-refractivity contribution in [3.05, 3.63) is 69.4 Å². The third-order valence-electron chi connectivity index (χ3n) is 4.25. The zero-order valence-electron chi connectivity index (χ0n) is 14.5. The van der Waals surface area contributed by atoms with Gasteiger partial charge in [-0.05, 0) is 23.8 Å². The summed E-state index contributed by atoms with van der Waals surface area (Å²) in [7, 11) is 0. The number of esters is 1. The Morgan fingerprint density at radius 2 is 2.07 bits per heavy atom. The van der Waals surface area contributed by atoms with E-state index in [4.69, 9.17) is 16.3 Å². The molecule has 1 aromatic carbocycles. The largest absolute Gasteiger partial charge is 0.459 e. The molecule has 3 rings (SSSR count). The number of carbonyl (C=O) groups is 1. The molecule has 8 heteroatoms. The van der Waals surface area contributed by atoms with Crippen LogP contribution in [0.2, 0.25) is 5.02 Å². The highest BCUT2D eigenvalue weighted by Crippen LogP contribution is 2.21. The number of aromatic nitrogens is 1. The molecule has 0 atom stereocenters. The number of halogens is 1. The van der Waals surface area contributed by atoms with E-state index >= 15 is 0 Å². The van der Waals surface area contributed by atoms with Gasteiger partial charge in [-0.2, -0.15) is 0 Å². The van der Waals surface area contributed by atoms with Crippen molar-refractivity contribution < 1.29 is 14.5 Å². The normalized spacial score (nSPS) is 15.1. The monoisotopic (exact) mass is 387 g/mol. The molecule has 0 aliphatic carbocycles. The van der Waals surface area contributed by atoms with Gasteiger partial charge in [0, 0.05) is 50.3 Å². The number of nitro groups is 1. The van der Waals surface area contributed by atoms with Crippen molar-refractivity contribution in [2.24, 2.45) is 0 Å². The molecule has 1 aromatic heterocycles. The second kappa shape index (κ2) is 8.64. The van der Waals surface area contributed by atoms with E-state index in [0.29, 0.717) is 23.4 Å². The van der Waals surface area contributed by atoms with Gasteiger partial charge in [-0.1, -0.05) is 23.7 Å². The first-order chi connectivity index (χ1) is 13.0. The van der Waals surface area contributed by atoms with Crippen LogP contribution in [0.4, 0.5) is 11.5 Å². The Kier molecular flexibility index (Phi) is 6.03. The third kappa shape index (κ3) is 5.27. The number of non-ortho nitro benzene ring substituents is 1. The molecular weight excluding hydrogens is 370 g/mol.